The first-order valence-electron chi connectivity index (χ1n) is 43.6. The third kappa shape index (κ3) is 24.9. The smallest absolute Gasteiger partial charge is 0.255 e. The standard InChI is InChI=1S/2C27H35NO5.2C23H27NO6/c2*1-5-7-9-11-18-15-19(31-3)13-14-23(18)33-24-17-20(32-4)16-22-25(24)28-27(30)21(26(22)29)12-10-8-6-2;2*1-5-6-7-8-16-22(25)17-11-15(28-3)13-20(21(17)24-23(16)26)30-18-10-9-14(27-2)12-19(18)29-4/h13-17H,5-12H2,1-4H3,(H2,28,29,30);13-17,21H,5-12H2,1-4H3,(H,28,30);9-13H,5-8H2,1-4H3,(H2,24,25,26);9-13,16H,5-8H2,1-4H3,(H,24,26). The molecule has 0 fully saturated rings. The van der Waals surface area contributed by atoms with Gasteiger partial charge in [-0.25, -0.2) is 0 Å². The number of hydrogen-bond acceptors (Lipinski definition) is 22. The Balaban J connectivity index is 0.000000190. The average Bonchev–Trinajstić information content (AvgIpc) is 0.782. The van der Waals surface area contributed by atoms with Gasteiger partial charge < -0.3 is 97.1 Å². The SMILES string of the molecule is CCCCCC1C(=O)Nc2c(Oc3ccc(OC)cc3OC)cc(OC)cc2C1=O.CCCCCc1c(O)c2cc(OC)cc(Oc3ccc(OC)cc3OC)c2[nH]c1=O.CCCCCc1cc(OC)ccc1Oc1cc(OC)cc2c(O)c(CCCCC)c(=O)[nH]c12.CCCCCc1cc(OC)ccc1Oc1cc(OC)cc2c1NC(=O)C(CCCCC)C2=O. The molecular formula is C100H124N4O22. The number of unbranched alkanes of at least 4 members (excludes halogenated alkanes) is 12. The van der Waals surface area contributed by atoms with Crippen LogP contribution in [0.3, 0.4) is 0 Å². The Bertz CT molecular complexity index is 5480. The van der Waals surface area contributed by atoms with E-state index in [9.17, 15) is 39.0 Å². The van der Waals surface area contributed by atoms with Gasteiger partial charge in [0.1, 0.15) is 80.8 Å². The number of Topliss-reactive ketones (excluding diaryl/α,β-unsaturated/α-hetero) is 2. The summed E-state index contributed by atoms with van der Waals surface area (Å²) in [6.07, 6.45) is 21.8. The van der Waals surface area contributed by atoms with Gasteiger partial charge in [0.15, 0.2) is 57.6 Å². The maximum atomic E-state index is 13.2. The van der Waals surface area contributed by atoms with Crippen LogP contribution < -0.4 is 88.1 Å². The third-order valence-corrected chi connectivity index (χ3v) is 22.2. The number of rotatable bonds is 42. The number of ketones is 2. The van der Waals surface area contributed by atoms with E-state index in [1.54, 1.807) is 128 Å². The van der Waals surface area contributed by atoms with Crippen LogP contribution in [0.2, 0.25) is 0 Å². The van der Waals surface area contributed by atoms with E-state index in [2.05, 4.69) is 62.1 Å². The number of aromatic hydroxyl groups is 2. The second-order valence-corrected chi connectivity index (χ2v) is 30.8. The summed E-state index contributed by atoms with van der Waals surface area (Å²) >= 11 is 0. The number of anilines is 2. The molecule has 0 saturated heterocycles. The Morgan fingerprint density at radius 2 is 0.571 bits per heavy atom. The van der Waals surface area contributed by atoms with E-state index >= 15 is 0 Å². The summed E-state index contributed by atoms with van der Waals surface area (Å²) < 4.78 is 78.4. The lowest BCUT2D eigenvalue weighted by Crippen LogP contribution is -2.35. The van der Waals surface area contributed by atoms with Gasteiger partial charge in [-0.05, 0) is 160 Å². The molecule has 2 amide bonds. The first kappa shape index (κ1) is 97.1. The summed E-state index contributed by atoms with van der Waals surface area (Å²) in [5, 5.41) is 28.6. The molecular weight excluding hydrogens is 1610 g/mol. The fourth-order valence-electron chi connectivity index (χ4n) is 15.0. The maximum absolute atomic E-state index is 13.2. The van der Waals surface area contributed by atoms with Gasteiger partial charge in [-0.3, -0.25) is 28.8 Å². The predicted octanol–water partition coefficient (Wildman–Crippen LogP) is 22.7. The van der Waals surface area contributed by atoms with E-state index in [0.29, 0.717) is 173 Å². The van der Waals surface area contributed by atoms with Gasteiger partial charge in [0.05, 0.1) is 105 Å². The highest BCUT2D eigenvalue weighted by Gasteiger charge is 2.38. The van der Waals surface area contributed by atoms with Crippen molar-refractivity contribution in [2.24, 2.45) is 11.8 Å². The van der Waals surface area contributed by atoms with E-state index in [0.717, 1.165) is 151 Å². The Morgan fingerprint density at radius 1 is 0.286 bits per heavy atom. The lowest BCUT2D eigenvalue weighted by molar-refractivity contribution is -0.119. The molecule has 4 heterocycles. The van der Waals surface area contributed by atoms with E-state index in [1.807, 2.05) is 36.4 Å². The first-order valence-corrected chi connectivity index (χ1v) is 43.6. The van der Waals surface area contributed by atoms with E-state index in [1.165, 1.54) is 28.4 Å². The number of benzene rings is 8. The molecule has 2 aliphatic rings. The van der Waals surface area contributed by atoms with Gasteiger partial charge in [0.25, 0.3) is 11.1 Å². The van der Waals surface area contributed by atoms with Crippen LogP contribution >= 0.6 is 0 Å². The lowest BCUT2D eigenvalue weighted by atomic mass is 9.87. The van der Waals surface area contributed by atoms with Crippen LogP contribution in [-0.2, 0) is 35.3 Å². The van der Waals surface area contributed by atoms with E-state index in [4.69, 9.17) is 66.3 Å². The fraction of sp³-hybridized carbons (Fsp3) is 0.420. The van der Waals surface area contributed by atoms with E-state index < -0.39 is 11.8 Å². The van der Waals surface area contributed by atoms with Crippen molar-refractivity contribution in [2.45, 2.75) is 196 Å². The topological polar surface area (TPSA) is 328 Å². The second kappa shape index (κ2) is 48.5. The van der Waals surface area contributed by atoms with Gasteiger partial charge in [-0.15, -0.1) is 0 Å². The number of amides is 2. The number of methoxy groups -OCH3 is 10. The summed E-state index contributed by atoms with van der Waals surface area (Å²) in [5.41, 5.74) is 4.62. The Morgan fingerprint density at radius 3 is 0.913 bits per heavy atom. The molecule has 0 bridgehead atoms. The van der Waals surface area contributed by atoms with Gasteiger partial charge in [-0.2, -0.15) is 0 Å². The van der Waals surface area contributed by atoms with Crippen molar-refractivity contribution in [3.8, 4) is 115 Å². The molecule has 6 N–H and O–H groups in total. The number of H-pyrrole nitrogens is 2. The predicted molar refractivity (Wildman–Crippen MR) is 491 cm³/mol. The summed E-state index contributed by atoms with van der Waals surface area (Å²) in [7, 11) is 15.6. The zero-order chi connectivity index (χ0) is 90.9. The maximum Gasteiger partial charge on any atom is 0.255 e. The third-order valence-electron chi connectivity index (χ3n) is 22.2. The Labute approximate surface area is 738 Å². The van der Waals surface area contributed by atoms with Crippen molar-refractivity contribution in [3.63, 3.8) is 0 Å². The number of nitrogens with one attached hydrogen (secondary N) is 4. The molecule has 2 unspecified atom stereocenters. The fourth-order valence-corrected chi connectivity index (χ4v) is 15.0. The average molecular weight is 1730 g/mol. The largest absolute Gasteiger partial charge is 0.507 e. The van der Waals surface area contributed by atoms with Crippen molar-refractivity contribution >= 4 is 56.6 Å². The molecule has 10 aromatic rings. The van der Waals surface area contributed by atoms with Crippen LogP contribution in [0, 0.1) is 11.8 Å². The second-order valence-electron chi connectivity index (χ2n) is 30.8. The number of aryl methyl sites for hydroxylation is 2. The molecule has 26 heteroatoms. The van der Waals surface area contributed by atoms with Crippen molar-refractivity contribution < 1.29 is 95.7 Å². The molecule has 0 aliphatic carbocycles. The highest BCUT2D eigenvalue weighted by atomic mass is 16.5. The van der Waals surface area contributed by atoms with Crippen LogP contribution in [0.5, 0.6) is 115 Å². The number of fused-ring (bicyclic) bond motifs is 4. The molecule has 26 nitrogen and oxygen atoms in total. The number of pyridine rings is 2. The summed E-state index contributed by atoms with van der Waals surface area (Å²) in [4.78, 5) is 83.1. The normalized spacial score (nSPS) is 13.0. The zero-order valence-electron chi connectivity index (χ0n) is 75.7. The summed E-state index contributed by atoms with van der Waals surface area (Å²) in [5.74, 6) is 7.01. The van der Waals surface area contributed by atoms with Gasteiger partial charge in [0, 0.05) is 58.3 Å². The first-order chi connectivity index (χ1) is 61.1. The van der Waals surface area contributed by atoms with Crippen LogP contribution in [0.15, 0.2) is 131 Å². The highest BCUT2D eigenvalue weighted by molar-refractivity contribution is 6.23. The monoisotopic (exact) mass is 1730 g/mol. The molecule has 2 atom stereocenters. The van der Waals surface area contributed by atoms with Crippen molar-refractivity contribution in [1.29, 1.82) is 0 Å². The van der Waals surface area contributed by atoms with Crippen LogP contribution in [0.4, 0.5) is 11.4 Å². The Hall–Kier alpha value is -12.7. The van der Waals surface area contributed by atoms with Crippen molar-refractivity contribution in [3.05, 3.63) is 175 Å². The molecule has 126 heavy (non-hydrogen) atoms. The van der Waals surface area contributed by atoms with Crippen LogP contribution in [0.25, 0.3) is 21.8 Å². The van der Waals surface area contributed by atoms with Gasteiger partial charge >= 0.3 is 0 Å². The number of carbonyl (C=O) groups excluding carboxylic acids is 4. The van der Waals surface area contributed by atoms with E-state index in [-0.39, 0.29) is 46.0 Å². The molecule has 0 spiro atoms. The number of ether oxygens (including phenoxy) is 14. The molecule has 12 rings (SSSR count). The molecule has 8 aromatic carbocycles. The minimum absolute atomic E-state index is 0.00787. The molecule has 676 valence electrons. The van der Waals surface area contributed by atoms with Crippen molar-refractivity contribution in [1.82, 2.24) is 9.97 Å². The van der Waals surface area contributed by atoms with Gasteiger partial charge in [-0.1, -0.05) is 131 Å². The summed E-state index contributed by atoms with van der Waals surface area (Å²) in [6, 6.07) is 35.1. The van der Waals surface area contributed by atoms with Crippen LogP contribution in [0.1, 0.15) is 213 Å². The minimum atomic E-state index is -0.695. The number of aromatic amines is 2. The summed E-state index contributed by atoms with van der Waals surface area (Å²) in [6.45, 7) is 12.7. The van der Waals surface area contributed by atoms with Gasteiger partial charge in [0.2, 0.25) is 11.8 Å². The molecule has 0 saturated carbocycles. The lowest BCUT2D eigenvalue weighted by Gasteiger charge is -2.26. The number of carbonyl (C=O) groups is 4. The highest BCUT2D eigenvalue weighted by Crippen LogP contribution is 2.48. The molecule has 2 aromatic heterocycles. The molecule has 0 radical (unpaired) electrons. The number of hydrogen-bond donors (Lipinski definition) is 6. The minimum Gasteiger partial charge on any atom is -0.507 e. The molecule has 2 aliphatic heterocycles. The zero-order valence-corrected chi connectivity index (χ0v) is 75.7. The van der Waals surface area contributed by atoms with Crippen LogP contribution in [-0.4, -0.2) is 115 Å². The van der Waals surface area contributed by atoms with Crippen molar-refractivity contribution in [2.75, 3.05) is 81.7 Å². The number of aromatic nitrogens is 2. The Kier molecular flexibility index (Phi) is 37.4. The quantitative estimate of drug-likeness (QED) is 0.0153.